The Kier molecular flexibility index (Phi) is 3.62. The molecular formula is C18H21FN4O. The Morgan fingerprint density at radius 1 is 1.21 bits per heavy atom. The molecule has 0 atom stereocenters. The van der Waals surface area contributed by atoms with Crippen molar-refractivity contribution in [1.29, 1.82) is 0 Å². The first kappa shape index (κ1) is 15.3. The zero-order valence-corrected chi connectivity index (χ0v) is 13.8. The van der Waals surface area contributed by atoms with Gasteiger partial charge in [-0.15, -0.1) is 10.2 Å². The van der Waals surface area contributed by atoms with Crippen molar-refractivity contribution in [3.05, 3.63) is 47.3 Å². The molecule has 5 nitrogen and oxygen atoms in total. The largest absolute Gasteiger partial charge is 0.333 e. The molecule has 2 heterocycles. The fourth-order valence-corrected chi connectivity index (χ4v) is 3.88. The fraction of sp³-hybridized carbons (Fsp3) is 0.500. The highest BCUT2D eigenvalue weighted by Crippen LogP contribution is 2.45. The third-order valence-electron chi connectivity index (χ3n) is 5.45. The van der Waals surface area contributed by atoms with E-state index in [9.17, 15) is 9.18 Å². The number of amides is 1. The number of hydrogen-bond acceptors (Lipinski definition) is 3. The zero-order valence-electron chi connectivity index (χ0n) is 13.8. The van der Waals surface area contributed by atoms with Crippen LogP contribution in [0, 0.1) is 5.82 Å². The molecule has 2 aromatic rings. The lowest BCUT2D eigenvalue weighted by Gasteiger charge is -2.44. The number of carbonyl (C=O) groups excluding carboxylic acids is 1. The van der Waals surface area contributed by atoms with E-state index in [2.05, 4.69) is 21.7 Å². The van der Waals surface area contributed by atoms with E-state index >= 15 is 0 Å². The van der Waals surface area contributed by atoms with Gasteiger partial charge in [-0.1, -0.05) is 25.5 Å². The summed E-state index contributed by atoms with van der Waals surface area (Å²) in [5.74, 6) is 1.72. The van der Waals surface area contributed by atoms with E-state index in [1.165, 1.54) is 12.1 Å². The number of aromatic nitrogens is 3. The third-order valence-corrected chi connectivity index (χ3v) is 5.45. The van der Waals surface area contributed by atoms with Crippen molar-refractivity contribution >= 4 is 5.91 Å². The first-order chi connectivity index (χ1) is 11.6. The molecule has 1 aromatic carbocycles. The van der Waals surface area contributed by atoms with E-state index in [4.69, 9.17) is 0 Å². The molecule has 1 aliphatic carbocycles. The lowest BCUT2D eigenvalue weighted by atomic mass is 9.63. The molecule has 1 aromatic heterocycles. The van der Waals surface area contributed by atoms with Crippen LogP contribution in [0.4, 0.5) is 4.39 Å². The van der Waals surface area contributed by atoms with Crippen LogP contribution in [0.2, 0.25) is 0 Å². The highest BCUT2D eigenvalue weighted by atomic mass is 19.1. The average molecular weight is 328 g/mol. The van der Waals surface area contributed by atoms with Crippen LogP contribution in [-0.2, 0) is 29.7 Å². The van der Waals surface area contributed by atoms with Gasteiger partial charge in [0.1, 0.15) is 11.6 Å². The van der Waals surface area contributed by atoms with E-state index < -0.39 is 5.41 Å². The quantitative estimate of drug-likeness (QED) is 0.869. The molecule has 6 heteroatoms. The molecule has 1 aliphatic heterocycles. The van der Waals surface area contributed by atoms with Crippen LogP contribution in [0.3, 0.4) is 0 Å². The van der Waals surface area contributed by atoms with Crippen LogP contribution < -0.4 is 0 Å². The molecule has 1 amide bonds. The maximum atomic E-state index is 13.2. The number of aryl methyl sites for hydroxylation is 1. The van der Waals surface area contributed by atoms with Crippen molar-refractivity contribution in [2.45, 2.75) is 51.1 Å². The summed E-state index contributed by atoms with van der Waals surface area (Å²) in [6.45, 7) is 4.00. The Morgan fingerprint density at radius 3 is 2.58 bits per heavy atom. The van der Waals surface area contributed by atoms with Crippen molar-refractivity contribution in [2.75, 3.05) is 6.54 Å². The number of halogens is 1. The van der Waals surface area contributed by atoms with Gasteiger partial charge in [0, 0.05) is 19.5 Å². The smallest absolute Gasteiger partial charge is 0.233 e. The van der Waals surface area contributed by atoms with Gasteiger partial charge in [-0.3, -0.25) is 4.79 Å². The highest BCUT2D eigenvalue weighted by Gasteiger charge is 2.48. The predicted molar refractivity (Wildman–Crippen MR) is 86.7 cm³/mol. The van der Waals surface area contributed by atoms with Crippen LogP contribution in [0.25, 0.3) is 0 Å². The van der Waals surface area contributed by atoms with Crippen LogP contribution >= 0.6 is 0 Å². The summed E-state index contributed by atoms with van der Waals surface area (Å²) in [7, 11) is 0. The lowest BCUT2D eigenvalue weighted by Crippen LogP contribution is -2.52. The minimum absolute atomic E-state index is 0.146. The number of fused-ring (bicyclic) bond motifs is 1. The van der Waals surface area contributed by atoms with Crippen LogP contribution in [-0.4, -0.2) is 32.1 Å². The second-order valence-electron chi connectivity index (χ2n) is 6.71. The monoisotopic (exact) mass is 328 g/mol. The lowest BCUT2D eigenvalue weighted by molar-refractivity contribution is -0.142. The molecule has 0 spiro atoms. The van der Waals surface area contributed by atoms with Gasteiger partial charge < -0.3 is 9.47 Å². The molecule has 1 saturated carbocycles. The Hall–Kier alpha value is -2.24. The fourth-order valence-electron chi connectivity index (χ4n) is 3.88. The second-order valence-corrected chi connectivity index (χ2v) is 6.71. The summed E-state index contributed by atoms with van der Waals surface area (Å²) in [5.41, 5.74) is 0.449. The van der Waals surface area contributed by atoms with Gasteiger partial charge in [-0.25, -0.2) is 4.39 Å². The molecule has 4 rings (SSSR count). The maximum absolute atomic E-state index is 13.2. The van der Waals surface area contributed by atoms with Crippen molar-refractivity contribution in [3.8, 4) is 0 Å². The topological polar surface area (TPSA) is 51.0 Å². The van der Waals surface area contributed by atoms with Crippen LogP contribution in [0.15, 0.2) is 24.3 Å². The molecule has 0 unspecified atom stereocenters. The van der Waals surface area contributed by atoms with Crippen molar-refractivity contribution in [3.63, 3.8) is 0 Å². The first-order valence-electron chi connectivity index (χ1n) is 8.60. The molecule has 0 radical (unpaired) electrons. The van der Waals surface area contributed by atoms with E-state index in [1.807, 2.05) is 4.90 Å². The van der Waals surface area contributed by atoms with Gasteiger partial charge in [0.05, 0.1) is 12.0 Å². The molecule has 0 saturated heterocycles. The van der Waals surface area contributed by atoms with Crippen molar-refractivity contribution in [1.82, 2.24) is 19.7 Å². The summed E-state index contributed by atoms with van der Waals surface area (Å²) in [5, 5.41) is 8.45. The normalized spacial score (nSPS) is 18.8. The van der Waals surface area contributed by atoms with Crippen LogP contribution in [0.1, 0.15) is 43.4 Å². The van der Waals surface area contributed by atoms with E-state index in [0.717, 1.165) is 49.4 Å². The standard InChI is InChI=1S/C18H21FN4O/c1-2-15-20-21-16-12-22(10-11-23(15)16)17(24)18(8-3-9-18)13-4-6-14(19)7-5-13/h4-7H,2-3,8-12H2,1H3. The van der Waals surface area contributed by atoms with E-state index in [-0.39, 0.29) is 11.7 Å². The number of carbonyl (C=O) groups is 1. The molecular weight excluding hydrogens is 307 g/mol. The second kappa shape index (κ2) is 5.69. The summed E-state index contributed by atoms with van der Waals surface area (Å²) in [4.78, 5) is 15.1. The average Bonchev–Trinajstić information content (AvgIpc) is 2.97. The van der Waals surface area contributed by atoms with E-state index in [1.54, 1.807) is 12.1 Å². The van der Waals surface area contributed by atoms with Gasteiger partial charge in [-0.2, -0.15) is 0 Å². The number of benzene rings is 1. The molecule has 1 fully saturated rings. The summed E-state index contributed by atoms with van der Waals surface area (Å²) in [6.07, 6.45) is 3.55. The zero-order chi connectivity index (χ0) is 16.7. The van der Waals surface area contributed by atoms with Crippen molar-refractivity contribution in [2.24, 2.45) is 0 Å². The van der Waals surface area contributed by atoms with Gasteiger partial charge >= 0.3 is 0 Å². The van der Waals surface area contributed by atoms with E-state index in [0.29, 0.717) is 13.1 Å². The highest BCUT2D eigenvalue weighted by molar-refractivity contribution is 5.89. The third kappa shape index (κ3) is 2.24. The molecule has 2 aliphatic rings. The van der Waals surface area contributed by atoms with Crippen molar-refractivity contribution < 1.29 is 9.18 Å². The van der Waals surface area contributed by atoms with Gasteiger partial charge in [0.15, 0.2) is 5.82 Å². The van der Waals surface area contributed by atoms with Gasteiger partial charge in [-0.05, 0) is 30.5 Å². The van der Waals surface area contributed by atoms with Gasteiger partial charge in [0.2, 0.25) is 5.91 Å². The summed E-state index contributed by atoms with van der Waals surface area (Å²) in [6, 6.07) is 6.41. The number of hydrogen-bond donors (Lipinski definition) is 0. The minimum atomic E-state index is -0.483. The van der Waals surface area contributed by atoms with Crippen LogP contribution in [0.5, 0.6) is 0 Å². The first-order valence-corrected chi connectivity index (χ1v) is 8.60. The predicted octanol–water partition coefficient (Wildman–Crippen LogP) is 2.44. The Morgan fingerprint density at radius 2 is 1.96 bits per heavy atom. The number of nitrogens with zero attached hydrogens (tertiary/aromatic N) is 4. The summed E-state index contributed by atoms with van der Waals surface area (Å²) >= 11 is 0. The summed E-state index contributed by atoms with van der Waals surface area (Å²) < 4.78 is 15.4. The minimum Gasteiger partial charge on any atom is -0.333 e. The maximum Gasteiger partial charge on any atom is 0.233 e. The Labute approximate surface area is 140 Å². The Bertz CT molecular complexity index is 764. The molecule has 0 bridgehead atoms. The Balaban J connectivity index is 1.60. The molecule has 24 heavy (non-hydrogen) atoms. The SMILES string of the molecule is CCc1nnc2n1CCN(C(=O)C1(c3ccc(F)cc3)CCC1)C2. The molecule has 126 valence electrons. The number of rotatable bonds is 3. The van der Waals surface area contributed by atoms with Gasteiger partial charge in [0.25, 0.3) is 0 Å². The molecule has 0 N–H and O–H groups in total.